The summed E-state index contributed by atoms with van der Waals surface area (Å²) in [5.74, 6) is -1.40. The number of benzene rings is 2. The van der Waals surface area contributed by atoms with Crippen LogP contribution in [-0.4, -0.2) is 17.1 Å². The molecule has 1 atom stereocenters. The fourth-order valence-electron chi connectivity index (χ4n) is 1.80. The van der Waals surface area contributed by atoms with E-state index in [0.717, 1.165) is 36.4 Å². The molecule has 0 aliphatic heterocycles. The van der Waals surface area contributed by atoms with E-state index in [-0.39, 0.29) is 16.3 Å². The molecule has 2 N–H and O–H groups in total. The van der Waals surface area contributed by atoms with Gasteiger partial charge in [-0.15, -0.1) is 0 Å². The van der Waals surface area contributed by atoms with Crippen LogP contribution in [-0.2, 0) is 6.18 Å². The molecule has 122 valence electrons. The quantitative estimate of drug-likeness (QED) is 0.497. The van der Waals surface area contributed by atoms with Gasteiger partial charge in [-0.3, -0.25) is 4.79 Å². The number of rotatable bonds is 4. The molecular formula is C15H10ClF4NO2. The van der Waals surface area contributed by atoms with Gasteiger partial charge in [0.05, 0.1) is 16.3 Å². The van der Waals surface area contributed by atoms with Crippen molar-refractivity contribution < 1.29 is 27.5 Å². The van der Waals surface area contributed by atoms with E-state index in [2.05, 4.69) is 5.32 Å². The van der Waals surface area contributed by atoms with Gasteiger partial charge in [-0.2, -0.15) is 13.2 Å². The molecule has 3 nitrogen and oxygen atoms in total. The Morgan fingerprint density at radius 1 is 1.13 bits per heavy atom. The largest absolute Gasteiger partial charge is 0.416 e. The zero-order valence-corrected chi connectivity index (χ0v) is 12.1. The number of halogens is 5. The molecule has 0 bridgehead atoms. The highest BCUT2D eigenvalue weighted by molar-refractivity contribution is 6.33. The third-order valence-electron chi connectivity index (χ3n) is 2.96. The molecule has 2 aromatic carbocycles. The summed E-state index contributed by atoms with van der Waals surface area (Å²) in [6, 6.07) is 6.81. The van der Waals surface area contributed by atoms with Crippen LogP contribution >= 0.6 is 11.6 Å². The van der Waals surface area contributed by atoms with Crippen molar-refractivity contribution in [2.45, 2.75) is 12.4 Å². The summed E-state index contributed by atoms with van der Waals surface area (Å²) in [6.45, 7) is 0. The summed E-state index contributed by atoms with van der Waals surface area (Å²) in [4.78, 5) is 12.0. The minimum absolute atomic E-state index is 0.00509. The smallest absolute Gasteiger partial charge is 0.367 e. The van der Waals surface area contributed by atoms with E-state index in [4.69, 9.17) is 11.6 Å². The monoisotopic (exact) mass is 347 g/mol. The van der Waals surface area contributed by atoms with Crippen LogP contribution in [0.3, 0.4) is 0 Å². The SMILES string of the molecule is O=C(c1ccc(F)cc1)[C@@H](O)Nc1cc(C(F)(F)F)ccc1Cl. The van der Waals surface area contributed by atoms with Crippen molar-refractivity contribution >= 4 is 23.1 Å². The maximum atomic E-state index is 12.8. The second kappa shape index (κ2) is 6.55. The average Bonchev–Trinajstić information content (AvgIpc) is 2.48. The number of aliphatic hydroxyl groups is 1. The van der Waals surface area contributed by atoms with Gasteiger partial charge in [-0.05, 0) is 42.5 Å². The molecule has 23 heavy (non-hydrogen) atoms. The van der Waals surface area contributed by atoms with Gasteiger partial charge in [0.1, 0.15) is 5.82 Å². The Bertz CT molecular complexity index is 716. The maximum absolute atomic E-state index is 12.8. The number of hydrogen-bond donors (Lipinski definition) is 2. The van der Waals surface area contributed by atoms with E-state index in [9.17, 15) is 27.5 Å². The molecule has 2 rings (SSSR count). The van der Waals surface area contributed by atoms with Crippen LogP contribution in [0.5, 0.6) is 0 Å². The summed E-state index contributed by atoms with van der Waals surface area (Å²) in [7, 11) is 0. The summed E-state index contributed by atoms with van der Waals surface area (Å²) >= 11 is 5.76. The summed E-state index contributed by atoms with van der Waals surface area (Å²) in [6.07, 6.45) is -6.42. The normalized spacial score (nSPS) is 12.8. The minimum atomic E-state index is -4.59. The number of carbonyl (C=O) groups is 1. The van der Waals surface area contributed by atoms with Gasteiger partial charge in [-0.1, -0.05) is 11.6 Å². The van der Waals surface area contributed by atoms with Crippen molar-refractivity contribution in [1.29, 1.82) is 0 Å². The minimum Gasteiger partial charge on any atom is -0.367 e. The van der Waals surface area contributed by atoms with Crippen LogP contribution in [0.15, 0.2) is 42.5 Å². The molecule has 0 fully saturated rings. The van der Waals surface area contributed by atoms with E-state index < -0.39 is 29.6 Å². The number of anilines is 1. The number of carbonyl (C=O) groups excluding carboxylic acids is 1. The summed E-state index contributed by atoms with van der Waals surface area (Å²) < 4.78 is 50.8. The highest BCUT2D eigenvalue weighted by Gasteiger charge is 2.31. The zero-order chi connectivity index (χ0) is 17.2. The lowest BCUT2D eigenvalue weighted by Crippen LogP contribution is -2.29. The number of aliphatic hydroxyl groups excluding tert-OH is 1. The molecule has 0 saturated carbocycles. The third-order valence-corrected chi connectivity index (χ3v) is 3.29. The molecule has 0 aromatic heterocycles. The number of hydrogen-bond acceptors (Lipinski definition) is 3. The number of Topliss-reactive ketones (excluding diaryl/α,β-unsaturated/α-hetero) is 1. The average molecular weight is 348 g/mol. The van der Waals surface area contributed by atoms with Crippen molar-refractivity contribution in [2.24, 2.45) is 0 Å². The van der Waals surface area contributed by atoms with Gasteiger partial charge in [0.15, 0.2) is 6.23 Å². The van der Waals surface area contributed by atoms with Crippen molar-refractivity contribution in [3.63, 3.8) is 0 Å². The number of nitrogens with one attached hydrogen (secondary N) is 1. The molecule has 0 amide bonds. The molecule has 0 heterocycles. The Morgan fingerprint density at radius 2 is 1.74 bits per heavy atom. The van der Waals surface area contributed by atoms with Gasteiger partial charge in [0.2, 0.25) is 5.78 Å². The Balaban J connectivity index is 2.21. The fourth-order valence-corrected chi connectivity index (χ4v) is 1.97. The van der Waals surface area contributed by atoms with Crippen LogP contribution in [0.4, 0.5) is 23.2 Å². The zero-order valence-electron chi connectivity index (χ0n) is 11.4. The first-order chi connectivity index (χ1) is 10.7. The van der Waals surface area contributed by atoms with Crippen LogP contribution < -0.4 is 5.32 Å². The molecule has 0 saturated heterocycles. The Morgan fingerprint density at radius 3 is 2.30 bits per heavy atom. The molecule has 0 aliphatic rings. The first-order valence-corrected chi connectivity index (χ1v) is 6.67. The molecule has 8 heteroatoms. The van der Waals surface area contributed by atoms with E-state index in [0.29, 0.717) is 6.07 Å². The predicted octanol–water partition coefficient (Wildman–Crippen LogP) is 4.11. The van der Waals surface area contributed by atoms with Gasteiger partial charge in [0.25, 0.3) is 0 Å². The molecule has 0 aliphatic carbocycles. The summed E-state index contributed by atoms with van der Waals surface area (Å²) in [5.41, 5.74) is -1.23. The lowest BCUT2D eigenvalue weighted by molar-refractivity contribution is -0.137. The third kappa shape index (κ3) is 4.20. The molecule has 2 aromatic rings. The fraction of sp³-hybridized carbons (Fsp3) is 0.133. The second-order valence-electron chi connectivity index (χ2n) is 4.61. The first kappa shape index (κ1) is 17.2. The van der Waals surface area contributed by atoms with Gasteiger partial charge in [-0.25, -0.2) is 4.39 Å². The maximum Gasteiger partial charge on any atom is 0.416 e. The topological polar surface area (TPSA) is 49.3 Å². The van der Waals surface area contributed by atoms with Crippen molar-refractivity contribution in [3.05, 3.63) is 64.4 Å². The van der Waals surface area contributed by atoms with Crippen LogP contribution in [0.25, 0.3) is 0 Å². The Hall–Kier alpha value is -2.12. The van der Waals surface area contributed by atoms with E-state index in [1.54, 1.807) is 0 Å². The van der Waals surface area contributed by atoms with Crippen molar-refractivity contribution in [1.82, 2.24) is 0 Å². The summed E-state index contributed by atoms with van der Waals surface area (Å²) in [5, 5.41) is 11.9. The van der Waals surface area contributed by atoms with Crippen LogP contribution in [0, 0.1) is 5.82 Å². The van der Waals surface area contributed by atoms with E-state index in [1.165, 1.54) is 0 Å². The molecule has 0 spiro atoms. The molecule has 0 radical (unpaired) electrons. The van der Waals surface area contributed by atoms with Crippen molar-refractivity contribution in [3.8, 4) is 0 Å². The Labute approximate surface area is 133 Å². The van der Waals surface area contributed by atoms with E-state index >= 15 is 0 Å². The van der Waals surface area contributed by atoms with Crippen LogP contribution in [0.2, 0.25) is 5.02 Å². The molecule has 0 unspecified atom stereocenters. The van der Waals surface area contributed by atoms with Crippen molar-refractivity contribution in [2.75, 3.05) is 5.32 Å². The number of alkyl halides is 3. The van der Waals surface area contributed by atoms with E-state index in [1.807, 2.05) is 0 Å². The second-order valence-corrected chi connectivity index (χ2v) is 5.02. The van der Waals surface area contributed by atoms with Crippen LogP contribution in [0.1, 0.15) is 15.9 Å². The van der Waals surface area contributed by atoms with Gasteiger partial charge < -0.3 is 10.4 Å². The number of ketones is 1. The Kier molecular flexibility index (Phi) is 4.91. The standard InChI is InChI=1S/C15H10ClF4NO2/c16-11-6-3-9(15(18,19)20)7-12(11)21-14(23)13(22)8-1-4-10(17)5-2-8/h1-7,14,21,23H/t14-/m1/s1. The lowest BCUT2D eigenvalue weighted by Gasteiger charge is -2.16. The predicted molar refractivity (Wildman–Crippen MR) is 76.8 cm³/mol. The first-order valence-electron chi connectivity index (χ1n) is 6.29. The molecular weight excluding hydrogens is 338 g/mol. The lowest BCUT2D eigenvalue weighted by atomic mass is 10.1. The highest BCUT2D eigenvalue weighted by atomic mass is 35.5. The van der Waals surface area contributed by atoms with Gasteiger partial charge in [0, 0.05) is 5.56 Å². The van der Waals surface area contributed by atoms with Gasteiger partial charge >= 0.3 is 6.18 Å². The highest BCUT2D eigenvalue weighted by Crippen LogP contribution is 2.34.